The van der Waals surface area contributed by atoms with Gasteiger partial charge in [-0.1, -0.05) is 23.9 Å². The highest BCUT2D eigenvalue weighted by molar-refractivity contribution is 7.99. The maximum atomic E-state index is 13.4. The van der Waals surface area contributed by atoms with Crippen molar-refractivity contribution in [3.05, 3.63) is 84.4 Å². The lowest BCUT2D eigenvalue weighted by molar-refractivity contribution is 0.102. The molecule has 0 aliphatic rings. The summed E-state index contributed by atoms with van der Waals surface area (Å²) in [5.41, 5.74) is 2.07. The van der Waals surface area contributed by atoms with Crippen molar-refractivity contribution >= 4 is 17.5 Å². The Labute approximate surface area is 176 Å². The minimum absolute atomic E-state index is 0.0574. The zero-order chi connectivity index (χ0) is 20.9. The number of rotatable bonds is 7. The van der Waals surface area contributed by atoms with Crippen molar-refractivity contribution < 1.29 is 13.9 Å². The molecule has 0 radical (unpaired) electrons. The first-order valence-electron chi connectivity index (χ1n) is 9.07. The van der Waals surface area contributed by atoms with Gasteiger partial charge < -0.3 is 4.74 Å². The van der Waals surface area contributed by atoms with Gasteiger partial charge >= 0.3 is 0 Å². The van der Waals surface area contributed by atoms with Gasteiger partial charge in [0.15, 0.2) is 16.8 Å². The number of ether oxygens (including phenoxy) is 1. The third-order valence-electron chi connectivity index (χ3n) is 4.38. The molecule has 0 spiro atoms. The number of Topliss-reactive ketones (excluding diaryl/α,β-unsaturated/α-hetero) is 1. The van der Waals surface area contributed by atoms with E-state index in [4.69, 9.17) is 4.74 Å². The first-order valence-corrected chi connectivity index (χ1v) is 10.1. The van der Waals surface area contributed by atoms with Gasteiger partial charge in [0.1, 0.15) is 11.6 Å². The molecular weight excluding hydrogens is 403 g/mol. The van der Waals surface area contributed by atoms with Crippen LogP contribution in [-0.2, 0) is 0 Å². The zero-order valence-corrected chi connectivity index (χ0v) is 16.8. The number of aromatic nitrogens is 4. The fraction of sp³-hybridized carbons (Fsp3) is 0.0909. The molecule has 0 bridgehead atoms. The van der Waals surface area contributed by atoms with Gasteiger partial charge in [-0.05, 0) is 48.5 Å². The first-order chi connectivity index (χ1) is 14.7. The van der Waals surface area contributed by atoms with Gasteiger partial charge in [0.05, 0.1) is 12.9 Å². The number of carbonyl (C=O) groups excluding carboxylic acids is 1. The van der Waals surface area contributed by atoms with Gasteiger partial charge in [-0.3, -0.25) is 14.3 Å². The summed E-state index contributed by atoms with van der Waals surface area (Å²) < 4.78 is 20.4. The number of carbonyl (C=O) groups is 1. The number of pyridine rings is 1. The normalized spacial score (nSPS) is 10.7. The average molecular weight is 420 g/mol. The molecule has 0 saturated carbocycles. The van der Waals surface area contributed by atoms with Gasteiger partial charge in [0, 0.05) is 29.2 Å². The maximum Gasteiger partial charge on any atom is 0.196 e. The molecule has 150 valence electrons. The van der Waals surface area contributed by atoms with Crippen molar-refractivity contribution in [3.8, 4) is 22.8 Å². The van der Waals surface area contributed by atoms with E-state index in [2.05, 4.69) is 15.2 Å². The minimum Gasteiger partial charge on any atom is -0.497 e. The highest BCUT2D eigenvalue weighted by Crippen LogP contribution is 2.28. The summed E-state index contributed by atoms with van der Waals surface area (Å²) in [5.74, 6) is 0.987. The molecule has 0 aliphatic heterocycles. The monoisotopic (exact) mass is 420 g/mol. The van der Waals surface area contributed by atoms with E-state index < -0.39 is 0 Å². The SMILES string of the molecule is COc1cccc(C(=O)CSc2nnc(-c3ccncc3)n2-c2ccc(F)cc2)c1. The van der Waals surface area contributed by atoms with E-state index in [1.807, 2.05) is 12.1 Å². The van der Waals surface area contributed by atoms with Crippen molar-refractivity contribution in [2.75, 3.05) is 12.9 Å². The third-order valence-corrected chi connectivity index (χ3v) is 5.31. The number of methoxy groups -OCH3 is 1. The quantitative estimate of drug-likeness (QED) is 0.325. The molecule has 0 unspecified atom stereocenters. The van der Waals surface area contributed by atoms with Gasteiger partial charge in [-0.15, -0.1) is 10.2 Å². The Kier molecular flexibility index (Phi) is 5.85. The number of nitrogens with zero attached hydrogens (tertiary/aromatic N) is 4. The van der Waals surface area contributed by atoms with Crippen LogP contribution in [0.1, 0.15) is 10.4 Å². The van der Waals surface area contributed by atoms with Crippen molar-refractivity contribution in [3.63, 3.8) is 0 Å². The first kappa shape index (κ1) is 19.8. The van der Waals surface area contributed by atoms with Gasteiger partial charge in [-0.25, -0.2) is 4.39 Å². The topological polar surface area (TPSA) is 69.9 Å². The predicted octanol–water partition coefficient (Wildman–Crippen LogP) is 4.45. The molecule has 2 aromatic carbocycles. The summed E-state index contributed by atoms with van der Waals surface area (Å²) in [6.07, 6.45) is 3.33. The summed E-state index contributed by atoms with van der Waals surface area (Å²) >= 11 is 1.27. The third kappa shape index (κ3) is 4.23. The molecule has 0 aliphatic carbocycles. The van der Waals surface area contributed by atoms with E-state index in [0.717, 1.165) is 5.56 Å². The summed E-state index contributed by atoms with van der Waals surface area (Å²) in [7, 11) is 1.56. The largest absolute Gasteiger partial charge is 0.497 e. The van der Waals surface area contributed by atoms with E-state index in [1.165, 1.54) is 23.9 Å². The van der Waals surface area contributed by atoms with E-state index in [0.29, 0.717) is 28.0 Å². The fourth-order valence-electron chi connectivity index (χ4n) is 2.88. The molecule has 4 aromatic rings. The maximum absolute atomic E-state index is 13.4. The molecule has 0 atom stereocenters. The van der Waals surface area contributed by atoms with Gasteiger partial charge in [0.25, 0.3) is 0 Å². The van der Waals surface area contributed by atoms with Crippen molar-refractivity contribution in [2.45, 2.75) is 5.16 Å². The Morgan fingerprint density at radius 1 is 1.07 bits per heavy atom. The lowest BCUT2D eigenvalue weighted by Crippen LogP contribution is -2.05. The van der Waals surface area contributed by atoms with Crippen LogP contribution in [-0.4, -0.2) is 38.4 Å². The molecule has 0 fully saturated rings. The van der Waals surface area contributed by atoms with E-state index in [-0.39, 0.29) is 17.4 Å². The van der Waals surface area contributed by atoms with Crippen molar-refractivity contribution in [1.82, 2.24) is 19.7 Å². The number of benzene rings is 2. The molecule has 6 nitrogen and oxygen atoms in total. The molecule has 2 aromatic heterocycles. The molecule has 0 N–H and O–H groups in total. The Bertz CT molecular complexity index is 1160. The van der Waals surface area contributed by atoms with Gasteiger partial charge in [-0.2, -0.15) is 0 Å². The van der Waals surface area contributed by atoms with Crippen LogP contribution in [0.4, 0.5) is 4.39 Å². The standard InChI is InChI=1S/C22H17FN4O2S/c1-29-19-4-2-3-16(13-19)20(28)14-30-22-26-25-21(15-9-11-24-12-10-15)27(22)18-7-5-17(23)6-8-18/h2-13H,14H2,1H3. The number of thioether (sulfide) groups is 1. The number of ketones is 1. The van der Waals surface area contributed by atoms with E-state index >= 15 is 0 Å². The molecule has 30 heavy (non-hydrogen) atoms. The van der Waals surface area contributed by atoms with E-state index in [1.54, 1.807) is 60.5 Å². The highest BCUT2D eigenvalue weighted by atomic mass is 32.2. The van der Waals surface area contributed by atoms with Crippen LogP contribution >= 0.6 is 11.8 Å². The van der Waals surface area contributed by atoms with Crippen LogP contribution in [0.15, 0.2) is 78.2 Å². The Morgan fingerprint density at radius 2 is 1.83 bits per heavy atom. The second kappa shape index (κ2) is 8.87. The summed E-state index contributed by atoms with van der Waals surface area (Å²) in [5, 5.41) is 9.11. The van der Waals surface area contributed by atoms with Gasteiger partial charge in [0.2, 0.25) is 0 Å². The molecule has 2 heterocycles. The Morgan fingerprint density at radius 3 is 2.57 bits per heavy atom. The van der Waals surface area contributed by atoms with Crippen LogP contribution in [0.5, 0.6) is 5.75 Å². The lowest BCUT2D eigenvalue weighted by Gasteiger charge is -2.10. The van der Waals surface area contributed by atoms with Crippen molar-refractivity contribution in [2.24, 2.45) is 0 Å². The number of halogens is 1. The minimum atomic E-state index is -0.334. The Hall–Kier alpha value is -3.52. The van der Waals surface area contributed by atoms with Crippen molar-refractivity contribution in [1.29, 1.82) is 0 Å². The smallest absolute Gasteiger partial charge is 0.196 e. The van der Waals surface area contributed by atoms with E-state index in [9.17, 15) is 9.18 Å². The molecule has 0 amide bonds. The molecular formula is C22H17FN4O2S. The van der Waals surface area contributed by atoms with Crippen LogP contribution < -0.4 is 4.74 Å². The summed E-state index contributed by atoms with van der Waals surface area (Å²) in [6, 6.07) is 16.7. The fourth-order valence-corrected chi connectivity index (χ4v) is 3.73. The van der Waals surface area contributed by atoms with Crippen LogP contribution in [0.3, 0.4) is 0 Å². The number of hydrogen-bond donors (Lipinski definition) is 0. The van der Waals surface area contributed by atoms with Crippen LogP contribution in [0.2, 0.25) is 0 Å². The van der Waals surface area contributed by atoms with Crippen LogP contribution in [0.25, 0.3) is 17.1 Å². The summed E-state index contributed by atoms with van der Waals surface area (Å²) in [6.45, 7) is 0. The Balaban J connectivity index is 1.65. The molecule has 4 rings (SSSR count). The highest BCUT2D eigenvalue weighted by Gasteiger charge is 2.18. The predicted molar refractivity (Wildman–Crippen MR) is 113 cm³/mol. The zero-order valence-electron chi connectivity index (χ0n) is 16.0. The molecule has 8 heteroatoms. The second-order valence-electron chi connectivity index (χ2n) is 6.30. The average Bonchev–Trinajstić information content (AvgIpc) is 3.22. The second-order valence-corrected chi connectivity index (χ2v) is 7.24. The number of hydrogen-bond acceptors (Lipinski definition) is 6. The van der Waals surface area contributed by atoms with Crippen LogP contribution in [0, 0.1) is 5.82 Å². The lowest BCUT2D eigenvalue weighted by atomic mass is 10.1. The summed E-state index contributed by atoms with van der Waals surface area (Å²) in [4.78, 5) is 16.7. The molecule has 0 saturated heterocycles.